The van der Waals surface area contributed by atoms with Crippen molar-refractivity contribution in [2.45, 2.75) is 19.9 Å². The first-order chi connectivity index (χ1) is 10.0. The highest BCUT2D eigenvalue weighted by molar-refractivity contribution is 7.88. The average Bonchev–Trinajstić information content (AvgIpc) is 2.48. The molecule has 0 spiro atoms. The molecule has 118 valence electrons. The highest BCUT2D eigenvalue weighted by Crippen LogP contribution is 2.12. The molecule has 1 aromatic rings. The Kier molecular flexibility index (Phi) is 5.49. The van der Waals surface area contributed by atoms with E-state index in [2.05, 4.69) is 22.2 Å². The van der Waals surface area contributed by atoms with Crippen molar-refractivity contribution in [3.8, 4) is 0 Å². The van der Waals surface area contributed by atoms with Crippen LogP contribution in [0.5, 0.6) is 0 Å². The molecule has 1 saturated heterocycles. The van der Waals surface area contributed by atoms with Gasteiger partial charge in [0.25, 0.3) is 0 Å². The largest absolute Gasteiger partial charge is 0.338 e. The molecule has 7 nitrogen and oxygen atoms in total. The first kappa shape index (κ1) is 16.1. The predicted octanol–water partition coefficient (Wildman–Crippen LogP) is 0.0578. The zero-order chi connectivity index (χ0) is 15.3. The topological polar surface area (TPSA) is 78.4 Å². The van der Waals surface area contributed by atoms with Crippen molar-refractivity contribution < 1.29 is 8.42 Å². The molecule has 0 atom stereocenters. The van der Waals surface area contributed by atoms with Gasteiger partial charge in [0.15, 0.2) is 0 Å². The normalized spacial score (nSPS) is 17.1. The second-order valence-corrected chi connectivity index (χ2v) is 7.20. The average molecular weight is 313 g/mol. The van der Waals surface area contributed by atoms with E-state index in [0.29, 0.717) is 32.1 Å². The van der Waals surface area contributed by atoms with Crippen LogP contribution in [0.15, 0.2) is 12.4 Å². The van der Waals surface area contributed by atoms with Crippen LogP contribution in [0.3, 0.4) is 0 Å². The lowest BCUT2D eigenvalue weighted by Crippen LogP contribution is -2.48. The molecular formula is C13H23N5O2S. The minimum Gasteiger partial charge on any atom is -0.338 e. The van der Waals surface area contributed by atoms with Crippen LogP contribution in [-0.4, -0.2) is 61.7 Å². The summed E-state index contributed by atoms with van der Waals surface area (Å²) >= 11 is 0. The van der Waals surface area contributed by atoms with E-state index in [1.54, 1.807) is 0 Å². The van der Waals surface area contributed by atoms with Crippen molar-refractivity contribution in [3.63, 3.8) is 0 Å². The van der Waals surface area contributed by atoms with E-state index in [4.69, 9.17) is 0 Å². The maximum atomic E-state index is 11.5. The first-order valence-corrected chi connectivity index (χ1v) is 9.07. The Morgan fingerprint density at radius 3 is 2.33 bits per heavy atom. The van der Waals surface area contributed by atoms with E-state index >= 15 is 0 Å². The fourth-order valence-corrected chi connectivity index (χ4v) is 3.06. The Bertz CT molecular complexity index is 538. The van der Waals surface area contributed by atoms with Gasteiger partial charge >= 0.3 is 0 Å². The third-order valence-electron chi connectivity index (χ3n) is 3.44. The van der Waals surface area contributed by atoms with Crippen LogP contribution in [0.2, 0.25) is 0 Å². The molecule has 0 amide bonds. The summed E-state index contributed by atoms with van der Waals surface area (Å²) in [4.78, 5) is 10.8. The highest BCUT2D eigenvalue weighted by Gasteiger charge is 2.24. The molecule has 1 fully saturated rings. The van der Waals surface area contributed by atoms with Crippen molar-refractivity contribution in [2.24, 2.45) is 0 Å². The van der Waals surface area contributed by atoms with Gasteiger partial charge in [-0.25, -0.2) is 18.4 Å². The predicted molar refractivity (Wildman–Crippen MR) is 82.7 cm³/mol. The van der Waals surface area contributed by atoms with Crippen LogP contribution < -0.4 is 10.2 Å². The number of hydrogen-bond acceptors (Lipinski definition) is 6. The maximum absolute atomic E-state index is 11.5. The number of nitrogens with one attached hydrogen (secondary N) is 1. The van der Waals surface area contributed by atoms with Gasteiger partial charge in [-0.15, -0.1) is 0 Å². The number of anilines is 1. The Morgan fingerprint density at radius 1 is 1.19 bits per heavy atom. The van der Waals surface area contributed by atoms with Gasteiger partial charge in [0.1, 0.15) is 0 Å². The fraction of sp³-hybridized carbons (Fsp3) is 0.692. The van der Waals surface area contributed by atoms with Gasteiger partial charge in [-0.05, 0) is 13.0 Å². The van der Waals surface area contributed by atoms with Gasteiger partial charge in [-0.1, -0.05) is 6.92 Å². The molecule has 1 aromatic heterocycles. The minimum atomic E-state index is -3.09. The highest BCUT2D eigenvalue weighted by atomic mass is 32.2. The van der Waals surface area contributed by atoms with Gasteiger partial charge < -0.3 is 10.2 Å². The van der Waals surface area contributed by atoms with Crippen molar-refractivity contribution in [1.29, 1.82) is 0 Å². The molecule has 0 unspecified atom stereocenters. The molecule has 8 heteroatoms. The van der Waals surface area contributed by atoms with Crippen LogP contribution in [0.4, 0.5) is 5.95 Å². The number of aromatic nitrogens is 2. The quantitative estimate of drug-likeness (QED) is 0.748. The SMILES string of the molecule is CCCNCc1cnc(N2CCN(S(C)(=O)=O)CC2)nc1. The molecule has 2 heterocycles. The lowest BCUT2D eigenvalue weighted by molar-refractivity contribution is 0.385. The molecule has 0 radical (unpaired) electrons. The number of rotatable bonds is 6. The zero-order valence-corrected chi connectivity index (χ0v) is 13.4. The molecular weight excluding hydrogens is 290 g/mol. The molecule has 1 aliphatic heterocycles. The molecule has 1 N–H and O–H groups in total. The van der Waals surface area contributed by atoms with E-state index in [1.807, 2.05) is 17.3 Å². The van der Waals surface area contributed by atoms with Crippen molar-refractivity contribution in [2.75, 3.05) is 43.9 Å². The number of piperazine rings is 1. The molecule has 0 saturated carbocycles. The summed E-state index contributed by atoms with van der Waals surface area (Å²) in [7, 11) is -3.09. The van der Waals surface area contributed by atoms with Crippen LogP contribution >= 0.6 is 0 Å². The standard InChI is InChI=1S/C13H23N5O2S/c1-3-4-14-9-12-10-15-13(16-11-12)17-5-7-18(8-6-17)21(2,19)20/h10-11,14H,3-9H2,1-2H3. The molecule has 1 aliphatic rings. The van der Waals surface area contributed by atoms with Gasteiger partial charge in [0, 0.05) is 50.7 Å². The van der Waals surface area contributed by atoms with Crippen molar-refractivity contribution in [3.05, 3.63) is 18.0 Å². The van der Waals surface area contributed by atoms with Crippen LogP contribution in [0, 0.1) is 0 Å². The monoisotopic (exact) mass is 313 g/mol. The second kappa shape index (κ2) is 7.15. The first-order valence-electron chi connectivity index (χ1n) is 7.22. The summed E-state index contributed by atoms with van der Waals surface area (Å²) in [6.07, 6.45) is 6.00. The van der Waals surface area contributed by atoms with Gasteiger partial charge in [-0.3, -0.25) is 0 Å². The van der Waals surface area contributed by atoms with Crippen LogP contribution in [-0.2, 0) is 16.6 Å². The summed E-state index contributed by atoms with van der Waals surface area (Å²) < 4.78 is 24.4. The lowest BCUT2D eigenvalue weighted by atomic mass is 10.3. The van der Waals surface area contributed by atoms with E-state index in [0.717, 1.165) is 25.1 Å². The van der Waals surface area contributed by atoms with Crippen molar-refractivity contribution >= 4 is 16.0 Å². The second-order valence-electron chi connectivity index (χ2n) is 5.22. The smallest absolute Gasteiger partial charge is 0.225 e. The minimum absolute atomic E-state index is 0.488. The number of hydrogen-bond donors (Lipinski definition) is 1. The third kappa shape index (κ3) is 4.62. The molecule has 21 heavy (non-hydrogen) atoms. The Labute approximate surface area is 126 Å². The lowest BCUT2D eigenvalue weighted by Gasteiger charge is -2.33. The van der Waals surface area contributed by atoms with E-state index in [1.165, 1.54) is 10.6 Å². The number of nitrogens with zero attached hydrogens (tertiary/aromatic N) is 4. The van der Waals surface area contributed by atoms with Crippen LogP contribution in [0.1, 0.15) is 18.9 Å². The Balaban J connectivity index is 1.89. The Morgan fingerprint density at radius 2 is 1.81 bits per heavy atom. The van der Waals surface area contributed by atoms with E-state index in [-0.39, 0.29) is 0 Å². The van der Waals surface area contributed by atoms with Crippen LogP contribution in [0.25, 0.3) is 0 Å². The van der Waals surface area contributed by atoms with Gasteiger partial charge in [0.05, 0.1) is 6.26 Å². The fourth-order valence-electron chi connectivity index (χ4n) is 2.23. The number of sulfonamides is 1. The molecule has 0 bridgehead atoms. The van der Waals surface area contributed by atoms with Gasteiger partial charge in [-0.2, -0.15) is 4.31 Å². The Hall–Kier alpha value is -1.25. The van der Waals surface area contributed by atoms with E-state index in [9.17, 15) is 8.42 Å². The summed E-state index contributed by atoms with van der Waals surface area (Å²) in [6, 6.07) is 0. The molecule has 0 aromatic carbocycles. The summed E-state index contributed by atoms with van der Waals surface area (Å²) in [5.41, 5.74) is 1.06. The summed E-state index contributed by atoms with van der Waals surface area (Å²) in [6.45, 7) is 6.11. The molecule has 0 aliphatic carbocycles. The maximum Gasteiger partial charge on any atom is 0.225 e. The summed E-state index contributed by atoms with van der Waals surface area (Å²) in [5.74, 6) is 0.669. The van der Waals surface area contributed by atoms with Crippen molar-refractivity contribution in [1.82, 2.24) is 19.6 Å². The zero-order valence-electron chi connectivity index (χ0n) is 12.6. The summed E-state index contributed by atoms with van der Waals surface area (Å²) in [5, 5.41) is 3.31. The van der Waals surface area contributed by atoms with E-state index < -0.39 is 10.0 Å². The third-order valence-corrected chi connectivity index (χ3v) is 4.74. The van der Waals surface area contributed by atoms with Gasteiger partial charge in [0.2, 0.25) is 16.0 Å². The molecule has 2 rings (SSSR count).